The molecule has 0 amide bonds. The van der Waals surface area contributed by atoms with Gasteiger partial charge in [0.05, 0.1) is 24.7 Å². The lowest BCUT2D eigenvalue weighted by Gasteiger charge is -2.11. The highest BCUT2D eigenvalue weighted by molar-refractivity contribution is 7.92. The fraction of sp³-hybridized carbons (Fsp3) is 0.120. The molecule has 0 spiro atoms. The highest BCUT2D eigenvalue weighted by atomic mass is 32.2. The summed E-state index contributed by atoms with van der Waals surface area (Å²) in [5, 5.41) is 0.582. The Morgan fingerprint density at radius 1 is 0.914 bits per heavy atom. The van der Waals surface area contributed by atoms with Crippen LogP contribution in [-0.4, -0.2) is 28.6 Å². The van der Waals surface area contributed by atoms with E-state index in [1.54, 1.807) is 42.5 Å². The standard InChI is InChI=1S/C25H21NO8S/c1-31-19-8-6-18(7-9-19)26-35(29,30)21-5-3-4-16(12-21)25(28)33-15-17-13-24(27)34-23-14-20(32-2)10-11-22(17)23/h3-14,26H,15H2,1-2H3. The normalized spacial score (nSPS) is 11.1. The van der Waals surface area contributed by atoms with E-state index in [4.69, 9.17) is 18.6 Å². The summed E-state index contributed by atoms with van der Waals surface area (Å²) < 4.78 is 48.8. The van der Waals surface area contributed by atoms with Crippen LogP contribution in [0.25, 0.3) is 11.0 Å². The number of nitrogens with one attached hydrogen (secondary N) is 1. The average Bonchev–Trinajstić information content (AvgIpc) is 2.86. The van der Waals surface area contributed by atoms with Crippen molar-refractivity contribution in [2.24, 2.45) is 0 Å². The van der Waals surface area contributed by atoms with Crippen molar-refractivity contribution < 1.29 is 31.8 Å². The fourth-order valence-electron chi connectivity index (χ4n) is 3.35. The van der Waals surface area contributed by atoms with Gasteiger partial charge in [0.15, 0.2) is 0 Å². The molecule has 4 aromatic rings. The average molecular weight is 496 g/mol. The lowest BCUT2D eigenvalue weighted by molar-refractivity contribution is 0.0473. The third-order valence-electron chi connectivity index (χ3n) is 5.12. The molecule has 0 radical (unpaired) electrons. The van der Waals surface area contributed by atoms with Gasteiger partial charge >= 0.3 is 11.6 Å². The molecule has 0 fully saturated rings. The summed E-state index contributed by atoms with van der Waals surface area (Å²) in [6.07, 6.45) is 0. The summed E-state index contributed by atoms with van der Waals surface area (Å²) >= 11 is 0. The summed E-state index contributed by atoms with van der Waals surface area (Å²) in [5.74, 6) is 0.346. The molecule has 0 saturated carbocycles. The predicted molar refractivity (Wildman–Crippen MR) is 128 cm³/mol. The first-order chi connectivity index (χ1) is 16.8. The van der Waals surface area contributed by atoms with Crippen LogP contribution in [0, 0.1) is 0 Å². The molecule has 10 heteroatoms. The Labute approximate surface area is 200 Å². The summed E-state index contributed by atoms with van der Waals surface area (Å²) in [6.45, 7) is -0.214. The Morgan fingerprint density at radius 2 is 1.63 bits per heavy atom. The maximum Gasteiger partial charge on any atom is 0.338 e. The summed E-state index contributed by atoms with van der Waals surface area (Å²) in [5.41, 5.74) is 0.508. The van der Waals surface area contributed by atoms with Gasteiger partial charge in [0.1, 0.15) is 23.7 Å². The van der Waals surface area contributed by atoms with Gasteiger partial charge in [0.25, 0.3) is 10.0 Å². The summed E-state index contributed by atoms with van der Waals surface area (Å²) in [4.78, 5) is 24.5. The van der Waals surface area contributed by atoms with Gasteiger partial charge in [-0.2, -0.15) is 0 Å². The molecule has 9 nitrogen and oxygen atoms in total. The van der Waals surface area contributed by atoms with Crippen molar-refractivity contribution in [3.8, 4) is 11.5 Å². The molecule has 0 saturated heterocycles. The number of hydrogen-bond donors (Lipinski definition) is 1. The van der Waals surface area contributed by atoms with Gasteiger partial charge in [0.2, 0.25) is 0 Å². The van der Waals surface area contributed by atoms with Gasteiger partial charge in [-0.25, -0.2) is 18.0 Å². The number of fused-ring (bicyclic) bond motifs is 1. The minimum absolute atomic E-state index is 0.0385. The van der Waals surface area contributed by atoms with E-state index in [0.717, 1.165) is 0 Å². The van der Waals surface area contributed by atoms with E-state index >= 15 is 0 Å². The maximum absolute atomic E-state index is 12.8. The van der Waals surface area contributed by atoms with Crippen molar-refractivity contribution in [2.45, 2.75) is 11.5 Å². The minimum Gasteiger partial charge on any atom is -0.497 e. The van der Waals surface area contributed by atoms with Crippen LogP contribution in [-0.2, 0) is 21.4 Å². The third kappa shape index (κ3) is 5.44. The second-order valence-electron chi connectivity index (χ2n) is 7.39. The van der Waals surface area contributed by atoms with Crippen molar-refractivity contribution in [3.05, 3.63) is 94.3 Å². The highest BCUT2D eigenvalue weighted by Gasteiger charge is 2.18. The number of methoxy groups -OCH3 is 2. The van der Waals surface area contributed by atoms with Crippen LogP contribution >= 0.6 is 0 Å². The second kappa shape index (κ2) is 9.90. The largest absolute Gasteiger partial charge is 0.497 e. The molecule has 3 aromatic carbocycles. The molecule has 0 bridgehead atoms. The van der Waals surface area contributed by atoms with Crippen LogP contribution in [0.4, 0.5) is 5.69 Å². The molecule has 4 rings (SSSR count). The zero-order valence-electron chi connectivity index (χ0n) is 18.8. The molecule has 35 heavy (non-hydrogen) atoms. The Bertz CT molecular complexity index is 1540. The van der Waals surface area contributed by atoms with Gasteiger partial charge in [-0.15, -0.1) is 0 Å². The maximum atomic E-state index is 12.8. The summed E-state index contributed by atoms with van der Waals surface area (Å²) in [6, 6.07) is 18.0. The second-order valence-corrected chi connectivity index (χ2v) is 9.07. The molecular weight excluding hydrogens is 474 g/mol. The van der Waals surface area contributed by atoms with Gasteiger partial charge in [-0.3, -0.25) is 4.72 Å². The SMILES string of the molecule is COc1ccc(NS(=O)(=O)c2cccc(C(=O)OCc3cc(=O)oc4cc(OC)ccc34)c2)cc1. The monoisotopic (exact) mass is 495 g/mol. The van der Waals surface area contributed by atoms with Crippen LogP contribution in [0.3, 0.4) is 0 Å². The Balaban J connectivity index is 1.52. The van der Waals surface area contributed by atoms with Gasteiger partial charge in [0, 0.05) is 28.8 Å². The van der Waals surface area contributed by atoms with Gasteiger partial charge < -0.3 is 18.6 Å². The quantitative estimate of drug-likeness (QED) is 0.288. The number of sulfonamides is 1. The number of hydrogen-bond acceptors (Lipinski definition) is 8. The summed E-state index contributed by atoms with van der Waals surface area (Å²) in [7, 11) is -0.959. The molecule has 0 aliphatic carbocycles. The van der Waals surface area contributed by atoms with E-state index < -0.39 is 21.6 Å². The van der Waals surface area contributed by atoms with Crippen molar-refractivity contribution in [3.63, 3.8) is 0 Å². The first-order valence-corrected chi connectivity index (χ1v) is 11.8. The van der Waals surface area contributed by atoms with Crippen molar-refractivity contribution in [2.75, 3.05) is 18.9 Å². The predicted octanol–water partition coefficient (Wildman–Crippen LogP) is 3.97. The first kappa shape index (κ1) is 23.8. The molecule has 0 unspecified atom stereocenters. The lowest BCUT2D eigenvalue weighted by Crippen LogP contribution is -2.14. The number of benzene rings is 3. The Kier molecular flexibility index (Phi) is 6.74. The molecule has 0 atom stereocenters. The van der Waals surface area contributed by atoms with E-state index in [1.165, 1.54) is 44.6 Å². The van der Waals surface area contributed by atoms with Crippen LogP contribution < -0.4 is 19.8 Å². The molecule has 0 aliphatic rings. The molecule has 0 aliphatic heterocycles. The van der Waals surface area contributed by atoms with Gasteiger partial charge in [-0.1, -0.05) is 6.07 Å². The van der Waals surface area contributed by atoms with Crippen molar-refractivity contribution >= 4 is 32.6 Å². The molecule has 1 heterocycles. The van der Waals surface area contributed by atoms with E-state index in [0.29, 0.717) is 33.7 Å². The number of anilines is 1. The number of carbonyl (C=O) groups excluding carboxylic acids is 1. The topological polar surface area (TPSA) is 121 Å². The number of ether oxygens (including phenoxy) is 3. The van der Waals surface area contributed by atoms with Crippen molar-refractivity contribution in [1.29, 1.82) is 0 Å². The zero-order valence-corrected chi connectivity index (χ0v) is 19.6. The van der Waals surface area contributed by atoms with Crippen molar-refractivity contribution in [1.82, 2.24) is 0 Å². The van der Waals surface area contributed by atoms with Gasteiger partial charge in [-0.05, 0) is 54.6 Å². The number of carbonyl (C=O) groups is 1. The van der Waals surface area contributed by atoms with Crippen LogP contribution in [0.15, 0.2) is 86.9 Å². The molecule has 180 valence electrons. The molecule has 1 aromatic heterocycles. The number of rotatable bonds is 8. The van der Waals surface area contributed by atoms with E-state index in [-0.39, 0.29) is 17.1 Å². The third-order valence-corrected chi connectivity index (χ3v) is 6.50. The minimum atomic E-state index is -3.96. The molecular formula is C25H21NO8S. The van der Waals surface area contributed by atoms with E-state index in [2.05, 4.69) is 4.72 Å². The zero-order chi connectivity index (χ0) is 25.0. The van der Waals surface area contributed by atoms with E-state index in [9.17, 15) is 18.0 Å². The highest BCUT2D eigenvalue weighted by Crippen LogP contribution is 2.24. The fourth-order valence-corrected chi connectivity index (χ4v) is 4.45. The molecule has 1 N–H and O–H groups in total. The number of esters is 1. The van der Waals surface area contributed by atoms with Crippen LogP contribution in [0.5, 0.6) is 11.5 Å². The lowest BCUT2D eigenvalue weighted by atomic mass is 10.1. The van der Waals surface area contributed by atoms with Crippen LogP contribution in [0.1, 0.15) is 15.9 Å². The Morgan fingerprint density at radius 3 is 2.34 bits per heavy atom. The Hall–Kier alpha value is -4.31. The van der Waals surface area contributed by atoms with E-state index in [1.807, 2.05) is 0 Å². The van der Waals surface area contributed by atoms with Crippen LogP contribution in [0.2, 0.25) is 0 Å². The first-order valence-electron chi connectivity index (χ1n) is 10.3. The smallest absolute Gasteiger partial charge is 0.338 e.